The van der Waals surface area contributed by atoms with Crippen LogP contribution >= 0.6 is 0 Å². The second kappa shape index (κ2) is 10.0. The highest BCUT2D eigenvalue weighted by molar-refractivity contribution is 5.80. The van der Waals surface area contributed by atoms with Gasteiger partial charge < -0.3 is 9.47 Å². The Morgan fingerprint density at radius 2 is 1.88 bits per heavy atom. The lowest BCUT2D eigenvalue weighted by atomic mass is 10.2. The van der Waals surface area contributed by atoms with Gasteiger partial charge in [-0.15, -0.1) is 0 Å². The first-order valence-electron chi connectivity index (χ1n) is 8.00. The largest absolute Gasteiger partial charge is 0.494 e. The SMILES string of the molecule is CCOC(=O)CCCOc1ccc(C=NNc2ccccc2)cc1. The van der Waals surface area contributed by atoms with Crippen molar-refractivity contribution < 1.29 is 14.3 Å². The van der Waals surface area contributed by atoms with E-state index in [4.69, 9.17) is 9.47 Å². The summed E-state index contributed by atoms with van der Waals surface area (Å²) in [7, 11) is 0. The Labute approximate surface area is 142 Å². The number of hydrogen-bond acceptors (Lipinski definition) is 5. The average molecular weight is 326 g/mol. The van der Waals surface area contributed by atoms with Gasteiger partial charge in [0.1, 0.15) is 5.75 Å². The van der Waals surface area contributed by atoms with Crippen molar-refractivity contribution in [2.45, 2.75) is 19.8 Å². The Bertz CT molecular complexity index is 639. The summed E-state index contributed by atoms with van der Waals surface area (Å²) < 4.78 is 10.5. The highest BCUT2D eigenvalue weighted by atomic mass is 16.5. The van der Waals surface area contributed by atoms with Gasteiger partial charge in [0.2, 0.25) is 0 Å². The van der Waals surface area contributed by atoms with E-state index in [1.807, 2.05) is 54.6 Å². The number of nitrogens with one attached hydrogen (secondary N) is 1. The van der Waals surface area contributed by atoms with Gasteiger partial charge in [-0.25, -0.2) is 0 Å². The quantitative estimate of drug-likeness (QED) is 0.329. The van der Waals surface area contributed by atoms with Crippen molar-refractivity contribution in [2.24, 2.45) is 5.10 Å². The summed E-state index contributed by atoms with van der Waals surface area (Å²) in [6.45, 7) is 2.71. The summed E-state index contributed by atoms with van der Waals surface area (Å²) in [5, 5.41) is 4.19. The molecule has 0 aromatic heterocycles. The van der Waals surface area contributed by atoms with Crippen LogP contribution in [0.2, 0.25) is 0 Å². The van der Waals surface area contributed by atoms with Gasteiger partial charge in [0, 0.05) is 6.42 Å². The molecular formula is C19H22N2O3. The van der Waals surface area contributed by atoms with Crippen molar-refractivity contribution in [1.82, 2.24) is 0 Å². The van der Waals surface area contributed by atoms with Crippen molar-refractivity contribution in [3.8, 4) is 5.75 Å². The fourth-order valence-corrected chi connectivity index (χ4v) is 1.98. The van der Waals surface area contributed by atoms with Gasteiger partial charge >= 0.3 is 5.97 Å². The highest BCUT2D eigenvalue weighted by Crippen LogP contribution is 2.12. The number of esters is 1. The van der Waals surface area contributed by atoms with Crippen molar-refractivity contribution >= 4 is 17.9 Å². The van der Waals surface area contributed by atoms with E-state index < -0.39 is 0 Å². The normalized spacial score (nSPS) is 10.5. The monoisotopic (exact) mass is 326 g/mol. The Hall–Kier alpha value is -2.82. The van der Waals surface area contributed by atoms with Crippen LogP contribution in [-0.4, -0.2) is 25.4 Å². The smallest absolute Gasteiger partial charge is 0.305 e. The lowest BCUT2D eigenvalue weighted by Gasteiger charge is -2.06. The molecule has 0 bridgehead atoms. The van der Waals surface area contributed by atoms with Crippen molar-refractivity contribution in [3.05, 3.63) is 60.2 Å². The van der Waals surface area contributed by atoms with Crippen LogP contribution in [0.5, 0.6) is 5.75 Å². The average Bonchev–Trinajstić information content (AvgIpc) is 2.61. The van der Waals surface area contributed by atoms with Crippen LogP contribution in [0, 0.1) is 0 Å². The Balaban J connectivity index is 1.71. The molecular weight excluding hydrogens is 304 g/mol. The molecule has 0 spiro atoms. The van der Waals surface area contributed by atoms with Crippen molar-refractivity contribution in [3.63, 3.8) is 0 Å². The number of hydrogen-bond donors (Lipinski definition) is 1. The van der Waals surface area contributed by atoms with Gasteiger partial charge in [-0.2, -0.15) is 5.10 Å². The van der Waals surface area contributed by atoms with E-state index in [-0.39, 0.29) is 5.97 Å². The van der Waals surface area contributed by atoms with Crippen LogP contribution < -0.4 is 10.2 Å². The summed E-state index contributed by atoms with van der Waals surface area (Å²) in [6.07, 6.45) is 2.77. The van der Waals surface area contributed by atoms with Gasteiger partial charge in [-0.3, -0.25) is 10.2 Å². The molecule has 0 heterocycles. The summed E-state index contributed by atoms with van der Waals surface area (Å²) in [5.74, 6) is 0.589. The molecule has 0 fully saturated rings. The molecule has 0 radical (unpaired) electrons. The first-order valence-corrected chi connectivity index (χ1v) is 8.00. The maximum absolute atomic E-state index is 11.2. The molecule has 0 aliphatic heterocycles. The van der Waals surface area contributed by atoms with E-state index in [0.717, 1.165) is 17.0 Å². The van der Waals surface area contributed by atoms with Crippen LogP contribution in [0.25, 0.3) is 0 Å². The molecule has 0 saturated carbocycles. The summed E-state index contributed by atoms with van der Waals surface area (Å²) in [4.78, 5) is 11.2. The molecule has 5 heteroatoms. The molecule has 0 unspecified atom stereocenters. The molecule has 2 rings (SSSR count). The van der Waals surface area contributed by atoms with E-state index in [9.17, 15) is 4.79 Å². The molecule has 0 aliphatic carbocycles. The third kappa shape index (κ3) is 6.52. The van der Waals surface area contributed by atoms with E-state index in [1.165, 1.54) is 0 Å². The zero-order valence-corrected chi connectivity index (χ0v) is 13.8. The minimum Gasteiger partial charge on any atom is -0.494 e. The number of anilines is 1. The van der Waals surface area contributed by atoms with E-state index in [0.29, 0.717) is 26.1 Å². The maximum Gasteiger partial charge on any atom is 0.305 e. The number of carbonyl (C=O) groups excluding carboxylic acids is 1. The highest BCUT2D eigenvalue weighted by Gasteiger charge is 2.01. The predicted octanol–water partition coefficient (Wildman–Crippen LogP) is 3.85. The molecule has 1 N–H and O–H groups in total. The van der Waals surface area contributed by atoms with Gasteiger partial charge in [-0.05, 0) is 55.3 Å². The standard InChI is InChI=1S/C19H22N2O3/c1-2-23-19(22)9-6-14-24-18-12-10-16(11-13-18)15-20-21-17-7-4-3-5-8-17/h3-5,7-8,10-13,15,21H,2,6,9,14H2,1H3. The molecule has 0 saturated heterocycles. The number of nitrogens with zero attached hydrogens (tertiary/aromatic N) is 1. The third-order valence-electron chi connectivity index (χ3n) is 3.16. The van der Waals surface area contributed by atoms with Crippen LogP contribution in [0.3, 0.4) is 0 Å². The third-order valence-corrected chi connectivity index (χ3v) is 3.16. The second-order valence-corrected chi connectivity index (χ2v) is 5.06. The van der Waals surface area contributed by atoms with Gasteiger partial charge in [0.25, 0.3) is 0 Å². The Morgan fingerprint density at radius 1 is 1.12 bits per heavy atom. The fourth-order valence-electron chi connectivity index (χ4n) is 1.98. The number of benzene rings is 2. The zero-order chi connectivity index (χ0) is 17.0. The molecule has 5 nitrogen and oxygen atoms in total. The summed E-state index contributed by atoms with van der Waals surface area (Å²) >= 11 is 0. The van der Waals surface area contributed by atoms with Gasteiger partial charge in [0.15, 0.2) is 0 Å². The summed E-state index contributed by atoms with van der Waals surface area (Å²) in [6, 6.07) is 17.4. The number of rotatable bonds is 9. The van der Waals surface area contributed by atoms with Crippen molar-refractivity contribution in [2.75, 3.05) is 18.6 Å². The van der Waals surface area contributed by atoms with E-state index >= 15 is 0 Å². The molecule has 2 aromatic rings. The fraction of sp³-hybridized carbons (Fsp3) is 0.263. The summed E-state index contributed by atoms with van der Waals surface area (Å²) in [5.41, 5.74) is 4.87. The topological polar surface area (TPSA) is 59.9 Å². The van der Waals surface area contributed by atoms with Crippen molar-refractivity contribution in [1.29, 1.82) is 0 Å². The maximum atomic E-state index is 11.2. The lowest BCUT2D eigenvalue weighted by molar-refractivity contribution is -0.143. The van der Waals surface area contributed by atoms with Gasteiger partial charge in [0.05, 0.1) is 25.1 Å². The Kier molecular flexibility index (Phi) is 7.34. The minimum absolute atomic E-state index is 0.182. The molecule has 0 aliphatic rings. The minimum atomic E-state index is -0.182. The van der Waals surface area contributed by atoms with Crippen LogP contribution in [0.4, 0.5) is 5.69 Å². The lowest BCUT2D eigenvalue weighted by Crippen LogP contribution is -2.06. The van der Waals surface area contributed by atoms with Crippen LogP contribution in [0.15, 0.2) is 59.7 Å². The molecule has 126 valence electrons. The van der Waals surface area contributed by atoms with Gasteiger partial charge in [-0.1, -0.05) is 18.2 Å². The molecule has 0 amide bonds. The predicted molar refractivity (Wildman–Crippen MR) is 95.5 cm³/mol. The molecule has 24 heavy (non-hydrogen) atoms. The van der Waals surface area contributed by atoms with Crippen LogP contribution in [-0.2, 0) is 9.53 Å². The van der Waals surface area contributed by atoms with E-state index in [2.05, 4.69) is 10.5 Å². The molecule has 2 aromatic carbocycles. The van der Waals surface area contributed by atoms with Crippen LogP contribution in [0.1, 0.15) is 25.3 Å². The molecule has 0 atom stereocenters. The number of ether oxygens (including phenoxy) is 2. The number of para-hydroxylation sites is 1. The Morgan fingerprint density at radius 3 is 2.58 bits per heavy atom. The number of hydrazone groups is 1. The first kappa shape index (κ1) is 17.5. The van der Waals surface area contributed by atoms with E-state index in [1.54, 1.807) is 13.1 Å². The second-order valence-electron chi connectivity index (χ2n) is 5.06. The zero-order valence-electron chi connectivity index (χ0n) is 13.8. The number of carbonyl (C=O) groups is 1. The first-order chi connectivity index (χ1) is 11.8.